The smallest absolute Gasteiger partial charge is 0.243 e. The zero-order valence-electron chi connectivity index (χ0n) is 16.5. The van der Waals surface area contributed by atoms with Gasteiger partial charge in [0.15, 0.2) is 0 Å². The van der Waals surface area contributed by atoms with E-state index in [2.05, 4.69) is 0 Å². The van der Waals surface area contributed by atoms with E-state index in [0.717, 1.165) is 15.4 Å². The SMILES string of the molecule is Cc1ccc(S(=O)(=O)N(CC(=O)N(C)Cc2ccccc2)Cc2ccco2)cc1. The second-order valence-corrected chi connectivity index (χ2v) is 8.84. The van der Waals surface area contributed by atoms with Crippen LogP contribution in [0.1, 0.15) is 16.9 Å². The number of hydrogen-bond acceptors (Lipinski definition) is 4. The topological polar surface area (TPSA) is 70.8 Å². The number of aryl methyl sites for hydroxylation is 1. The second kappa shape index (κ2) is 9.07. The minimum absolute atomic E-state index is 0.0197. The lowest BCUT2D eigenvalue weighted by Gasteiger charge is -2.24. The van der Waals surface area contributed by atoms with Gasteiger partial charge in [-0.15, -0.1) is 0 Å². The number of sulfonamides is 1. The third-order valence-corrected chi connectivity index (χ3v) is 6.38. The maximum atomic E-state index is 13.2. The molecule has 1 amide bonds. The predicted octanol–water partition coefficient (Wildman–Crippen LogP) is 3.44. The Balaban J connectivity index is 1.81. The summed E-state index contributed by atoms with van der Waals surface area (Å²) in [5, 5.41) is 0. The van der Waals surface area contributed by atoms with E-state index < -0.39 is 10.0 Å². The van der Waals surface area contributed by atoms with Gasteiger partial charge in [0, 0.05) is 13.6 Å². The lowest BCUT2D eigenvalue weighted by molar-refractivity contribution is -0.130. The van der Waals surface area contributed by atoms with Gasteiger partial charge in [0.1, 0.15) is 5.76 Å². The first-order valence-corrected chi connectivity index (χ1v) is 10.7. The number of carbonyl (C=O) groups excluding carboxylic acids is 1. The minimum atomic E-state index is -3.87. The van der Waals surface area contributed by atoms with E-state index in [4.69, 9.17) is 4.42 Å². The van der Waals surface area contributed by atoms with Gasteiger partial charge in [0.05, 0.1) is 24.2 Å². The van der Waals surface area contributed by atoms with Crippen LogP contribution in [-0.4, -0.2) is 37.1 Å². The summed E-state index contributed by atoms with van der Waals surface area (Å²) in [6, 6.07) is 19.5. The van der Waals surface area contributed by atoms with Gasteiger partial charge < -0.3 is 9.32 Å². The molecule has 0 radical (unpaired) electrons. The van der Waals surface area contributed by atoms with E-state index in [-0.39, 0.29) is 23.9 Å². The van der Waals surface area contributed by atoms with Gasteiger partial charge in [-0.2, -0.15) is 4.31 Å². The Hall–Kier alpha value is -2.90. The first kappa shape index (κ1) is 20.8. The molecule has 29 heavy (non-hydrogen) atoms. The molecular weight excluding hydrogens is 388 g/mol. The molecule has 0 bridgehead atoms. The van der Waals surface area contributed by atoms with Gasteiger partial charge in [-0.1, -0.05) is 48.0 Å². The monoisotopic (exact) mass is 412 g/mol. The number of hydrogen-bond donors (Lipinski definition) is 0. The molecule has 0 atom stereocenters. The highest BCUT2D eigenvalue weighted by Gasteiger charge is 2.28. The predicted molar refractivity (Wildman–Crippen MR) is 110 cm³/mol. The van der Waals surface area contributed by atoms with Crippen LogP contribution in [0, 0.1) is 6.92 Å². The Bertz CT molecular complexity index is 1030. The summed E-state index contributed by atoms with van der Waals surface area (Å²) in [5.41, 5.74) is 1.93. The van der Waals surface area contributed by atoms with E-state index in [9.17, 15) is 13.2 Å². The summed E-state index contributed by atoms with van der Waals surface area (Å²) in [5.74, 6) is 0.176. The molecular formula is C22H24N2O4S. The van der Waals surface area contributed by atoms with E-state index in [0.29, 0.717) is 12.3 Å². The molecule has 2 aromatic carbocycles. The van der Waals surface area contributed by atoms with E-state index in [1.807, 2.05) is 37.3 Å². The van der Waals surface area contributed by atoms with Crippen LogP contribution >= 0.6 is 0 Å². The van der Waals surface area contributed by atoms with Crippen molar-refractivity contribution in [3.63, 3.8) is 0 Å². The van der Waals surface area contributed by atoms with E-state index in [1.165, 1.54) is 11.2 Å². The molecule has 3 aromatic rings. The number of amides is 1. The van der Waals surface area contributed by atoms with Gasteiger partial charge in [-0.25, -0.2) is 8.42 Å². The normalized spacial score (nSPS) is 11.6. The number of carbonyl (C=O) groups is 1. The fourth-order valence-electron chi connectivity index (χ4n) is 2.88. The Morgan fingerprint density at radius 3 is 2.24 bits per heavy atom. The van der Waals surface area contributed by atoms with Gasteiger partial charge >= 0.3 is 0 Å². The summed E-state index contributed by atoms with van der Waals surface area (Å²) in [6.45, 7) is 1.99. The number of likely N-dealkylation sites (N-methyl/N-ethyl adjacent to an activating group) is 1. The highest BCUT2D eigenvalue weighted by atomic mass is 32.2. The van der Waals surface area contributed by atoms with Crippen molar-refractivity contribution in [3.8, 4) is 0 Å². The summed E-state index contributed by atoms with van der Waals surface area (Å²) in [4.78, 5) is 14.5. The average molecular weight is 413 g/mol. The molecule has 7 heteroatoms. The lowest BCUT2D eigenvalue weighted by Crippen LogP contribution is -2.40. The molecule has 0 N–H and O–H groups in total. The Kier molecular flexibility index (Phi) is 6.51. The van der Waals surface area contributed by atoms with Crippen LogP contribution < -0.4 is 0 Å². The van der Waals surface area contributed by atoms with Crippen LogP contribution in [0.2, 0.25) is 0 Å². The number of benzene rings is 2. The molecule has 1 heterocycles. The molecule has 0 unspecified atom stereocenters. The van der Waals surface area contributed by atoms with Gasteiger partial charge in [0.2, 0.25) is 15.9 Å². The highest BCUT2D eigenvalue weighted by Crippen LogP contribution is 2.19. The average Bonchev–Trinajstić information content (AvgIpc) is 3.21. The molecule has 0 aliphatic rings. The molecule has 0 aliphatic heterocycles. The van der Waals surface area contributed by atoms with Gasteiger partial charge in [0.25, 0.3) is 0 Å². The van der Waals surface area contributed by atoms with Gasteiger partial charge in [-0.05, 0) is 36.8 Å². The summed E-state index contributed by atoms with van der Waals surface area (Å²) < 4.78 is 32.9. The molecule has 152 valence electrons. The summed E-state index contributed by atoms with van der Waals surface area (Å²) >= 11 is 0. The van der Waals surface area contributed by atoms with Crippen LogP contribution in [0.4, 0.5) is 0 Å². The Morgan fingerprint density at radius 2 is 1.62 bits per heavy atom. The summed E-state index contributed by atoms with van der Waals surface area (Å²) in [7, 11) is -2.20. The summed E-state index contributed by atoms with van der Waals surface area (Å²) in [6.07, 6.45) is 1.48. The van der Waals surface area contributed by atoms with Crippen LogP contribution in [-0.2, 0) is 27.9 Å². The first-order chi connectivity index (χ1) is 13.9. The van der Waals surface area contributed by atoms with Crippen molar-refractivity contribution in [2.45, 2.75) is 24.9 Å². The molecule has 1 aromatic heterocycles. The molecule has 0 spiro atoms. The molecule has 0 saturated heterocycles. The highest BCUT2D eigenvalue weighted by molar-refractivity contribution is 7.89. The maximum Gasteiger partial charge on any atom is 0.243 e. The van der Waals surface area contributed by atoms with Gasteiger partial charge in [-0.3, -0.25) is 4.79 Å². The molecule has 3 rings (SSSR count). The van der Waals surface area contributed by atoms with Crippen molar-refractivity contribution < 1.29 is 17.6 Å². The zero-order valence-corrected chi connectivity index (χ0v) is 17.3. The quantitative estimate of drug-likeness (QED) is 0.568. The van der Waals surface area contributed by atoms with E-state index in [1.54, 1.807) is 43.4 Å². The van der Waals surface area contributed by atoms with Crippen molar-refractivity contribution >= 4 is 15.9 Å². The molecule has 6 nitrogen and oxygen atoms in total. The van der Waals surface area contributed by atoms with Crippen molar-refractivity contribution in [1.29, 1.82) is 0 Å². The van der Waals surface area contributed by atoms with Crippen molar-refractivity contribution in [2.24, 2.45) is 0 Å². The maximum absolute atomic E-state index is 13.2. The largest absolute Gasteiger partial charge is 0.468 e. The Labute approximate surface area is 171 Å². The van der Waals surface area contributed by atoms with Crippen molar-refractivity contribution in [1.82, 2.24) is 9.21 Å². The van der Waals surface area contributed by atoms with Crippen molar-refractivity contribution in [3.05, 3.63) is 89.9 Å². The Morgan fingerprint density at radius 1 is 0.931 bits per heavy atom. The van der Waals surface area contributed by atoms with E-state index >= 15 is 0 Å². The number of rotatable bonds is 8. The fourth-order valence-corrected chi connectivity index (χ4v) is 4.23. The second-order valence-electron chi connectivity index (χ2n) is 6.90. The van der Waals surface area contributed by atoms with Crippen molar-refractivity contribution in [2.75, 3.05) is 13.6 Å². The number of furan rings is 1. The minimum Gasteiger partial charge on any atom is -0.468 e. The first-order valence-electron chi connectivity index (χ1n) is 9.23. The van der Waals surface area contributed by atoms with Crippen LogP contribution in [0.5, 0.6) is 0 Å². The third kappa shape index (κ3) is 5.34. The lowest BCUT2D eigenvalue weighted by atomic mass is 10.2. The van der Waals surface area contributed by atoms with Crippen LogP contribution in [0.25, 0.3) is 0 Å². The fraction of sp³-hybridized carbons (Fsp3) is 0.227. The standard InChI is InChI=1S/C22H24N2O4S/c1-18-10-12-21(13-11-18)29(26,27)24(16-20-9-6-14-28-20)17-22(25)23(2)15-19-7-4-3-5-8-19/h3-14H,15-17H2,1-2H3. The third-order valence-electron chi connectivity index (χ3n) is 4.57. The van der Waals surface area contributed by atoms with Crippen LogP contribution in [0.3, 0.4) is 0 Å². The molecule has 0 saturated carbocycles. The molecule has 0 fully saturated rings. The molecule has 0 aliphatic carbocycles. The zero-order chi connectivity index (χ0) is 20.9. The van der Waals surface area contributed by atoms with Crippen LogP contribution in [0.15, 0.2) is 82.3 Å². The number of nitrogens with zero attached hydrogens (tertiary/aromatic N) is 2.